The molecule has 34 heavy (non-hydrogen) atoms. The van der Waals surface area contributed by atoms with Crippen molar-refractivity contribution in [3.63, 3.8) is 0 Å². The third-order valence-electron chi connectivity index (χ3n) is 7.51. The quantitative estimate of drug-likeness (QED) is 0.294. The average molecular weight is 497 g/mol. The Balaban J connectivity index is 1.78. The normalized spacial score (nSPS) is 31.0. The van der Waals surface area contributed by atoms with E-state index >= 15 is 0 Å². The maximum atomic E-state index is 4.13. The lowest BCUT2D eigenvalue weighted by Crippen LogP contribution is -2.64. The lowest BCUT2D eigenvalue weighted by atomic mass is 9.80. The molecule has 0 aromatic heterocycles. The highest BCUT2D eigenvalue weighted by molar-refractivity contribution is 7.51. The second kappa shape index (κ2) is 9.49. The molecule has 0 spiro atoms. The van der Waals surface area contributed by atoms with Crippen LogP contribution in [0.5, 0.6) is 0 Å². The minimum atomic E-state index is -0.711. The van der Waals surface area contributed by atoms with Crippen molar-refractivity contribution in [1.82, 2.24) is 31.2 Å². The van der Waals surface area contributed by atoms with Crippen molar-refractivity contribution in [1.29, 1.82) is 0 Å². The van der Waals surface area contributed by atoms with Gasteiger partial charge in [-0.1, -0.05) is 0 Å². The number of hydrogen-bond donors (Lipinski definition) is 6. The fraction of sp³-hybridized carbons (Fsp3) is 1.00. The van der Waals surface area contributed by atoms with E-state index in [1.165, 1.54) is 0 Å². The fourth-order valence-corrected chi connectivity index (χ4v) is 9.77. The van der Waals surface area contributed by atoms with Gasteiger partial charge in [-0.3, -0.25) is 15.3 Å². The number of rotatable bonds is 6. The number of piperidine rings is 3. The van der Waals surface area contributed by atoms with Gasteiger partial charge >= 0.3 is 0 Å². The van der Waals surface area contributed by atoms with E-state index < -0.39 is 8.37 Å². The molecule has 7 heteroatoms. The topological polar surface area (TPSA) is 72.2 Å². The zero-order valence-electron chi connectivity index (χ0n) is 24.4. The minimum absolute atomic E-state index is 0.137. The van der Waals surface area contributed by atoms with Crippen LogP contribution in [0.15, 0.2) is 0 Å². The highest BCUT2D eigenvalue weighted by Gasteiger charge is 2.43. The first-order valence-corrected chi connectivity index (χ1v) is 14.9. The molecule has 0 aliphatic carbocycles. The lowest BCUT2D eigenvalue weighted by Gasteiger charge is -2.51. The fourth-order valence-electron chi connectivity index (χ4n) is 7.90. The summed E-state index contributed by atoms with van der Waals surface area (Å²) < 4.78 is 0. The SMILES string of the molecule is CC1(C)CC(NP(NC2CC(C)(C)NC(C)(C)C2)NC2CC(C)(C)NC(C)(C)C2)CC(C)(C)N1. The van der Waals surface area contributed by atoms with Crippen LogP contribution in [0.25, 0.3) is 0 Å². The molecule has 3 heterocycles. The molecular weight excluding hydrogens is 439 g/mol. The van der Waals surface area contributed by atoms with Crippen LogP contribution in [0.2, 0.25) is 0 Å². The van der Waals surface area contributed by atoms with Gasteiger partial charge in [-0.05, 0) is 122 Å². The van der Waals surface area contributed by atoms with E-state index in [2.05, 4.69) is 114 Å². The molecule has 0 atom stereocenters. The first kappa shape index (κ1) is 28.8. The summed E-state index contributed by atoms with van der Waals surface area (Å²) in [6.45, 7) is 28.2. The number of nitrogens with one attached hydrogen (secondary N) is 6. The molecule has 200 valence electrons. The van der Waals surface area contributed by atoms with E-state index in [-0.39, 0.29) is 33.2 Å². The Hall–Kier alpha value is 0.190. The molecule has 0 bridgehead atoms. The molecule has 3 fully saturated rings. The van der Waals surface area contributed by atoms with Crippen LogP contribution in [-0.4, -0.2) is 51.4 Å². The largest absolute Gasteiger partial charge is 0.307 e. The van der Waals surface area contributed by atoms with Crippen molar-refractivity contribution >= 4 is 8.37 Å². The Bertz CT molecular complexity index is 571. The zero-order chi connectivity index (χ0) is 25.8. The minimum Gasteiger partial charge on any atom is -0.307 e. The van der Waals surface area contributed by atoms with Gasteiger partial charge in [0.25, 0.3) is 0 Å². The Kier molecular flexibility index (Phi) is 8.03. The van der Waals surface area contributed by atoms with Gasteiger partial charge in [0.2, 0.25) is 0 Å². The molecule has 0 amide bonds. The van der Waals surface area contributed by atoms with E-state index in [1.807, 2.05) is 0 Å². The highest BCUT2D eigenvalue weighted by Crippen LogP contribution is 2.39. The van der Waals surface area contributed by atoms with E-state index in [9.17, 15) is 0 Å². The average Bonchev–Trinajstić information content (AvgIpc) is 2.44. The molecule has 3 rings (SSSR count). The molecule has 0 unspecified atom stereocenters. The number of hydrogen-bond acceptors (Lipinski definition) is 6. The molecule has 0 aromatic rings. The Morgan fingerprint density at radius 1 is 0.412 bits per heavy atom. The predicted octanol–water partition coefficient (Wildman–Crippen LogP) is 4.91. The van der Waals surface area contributed by atoms with Crippen molar-refractivity contribution in [3.8, 4) is 0 Å². The van der Waals surface area contributed by atoms with Crippen molar-refractivity contribution in [3.05, 3.63) is 0 Å². The molecule has 3 saturated heterocycles. The Labute approximate surface area is 212 Å². The third kappa shape index (κ3) is 8.64. The molecule has 3 aliphatic rings. The summed E-state index contributed by atoms with van der Waals surface area (Å²) in [4.78, 5) is 0. The van der Waals surface area contributed by atoms with Crippen LogP contribution < -0.4 is 31.2 Å². The van der Waals surface area contributed by atoms with Crippen molar-refractivity contribution < 1.29 is 0 Å². The first-order valence-electron chi connectivity index (χ1n) is 13.6. The van der Waals surface area contributed by atoms with Gasteiger partial charge in [0.05, 0.1) is 0 Å². The molecule has 0 aromatic carbocycles. The summed E-state index contributed by atoms with van der Waals surface area (Å²) in [5.74, 6) is 0. The smallest absolute Gasteiger partial charge is 0.112 e. The van der Waals surface area contributed by atoms with Crippen molar-refractivity contribution in [2.24, 2.45) is 0 Å². The molecule has 3 aliphatic heterocycles. The van der Waals surface area contributed by atoms with Crippen LogP contribution in [0.3, 0.4) is 0 Å². The molecule has 6 nitrogen and oxygen atoms in total. The second-order valence-corrected chi connectivity index (χ2v) is 17.2. The molecule has 0 saturated carbocycles. The molecule has 6 N–H and O–H groups in total. The van der Waals surface area contributed by atoms with Gasteiger partial charge in [0.1, 0.15) is 8.37 Å². The molecular formula is C27H57N6P. The van der Waals surface area contributed by atoms with Crippen molar-refractivity contribution in [2.45, 2.75) is 173 Å². The Morgan fingerprint density at radius 2 is 0.588 bits per heavy atom. The second-order valence-electron chi connectivity index (χ2n) is 15.7. The Morgan fingerprint density at radius 3 is 0.765 bits per heavy atom. The highest BCUT2D eigenvalue weighted by atomic mass is 31.1. The first-order chi connectivity index (χ1) is 15.1. The van der Waals surface area contributed by atoms with Gasteiger partial charge in [-0.15, -0.1) is 0 Å². The molecule has 0 radical (unpaired) electrons. The van der Waals surface area contributed by atoms with Crippen LogP contribution in [0, 0.1) is 0 Å². The van der Waals surface area contributed by atoms with Gasteiger partial charge in [0.15, 0.2) is 0 Å². The zero-order valence-corrected chi connectivity index (χ0v) is 25.3. The van der Waals surface area contributed by atoms with Crippen LogP contribution in [0.1, 0.15) is 122 Å². The maximum absolute atomic E-state index is 4.13. The van der Waals surface area contributed by atoms with E-state index in [1.54, 1.807) is 0 Å². The van der Waals surface area contributed by atoms with E-state index in [4.69, 9.17) is 0 Å². The summed E-state index contributed by atoms with van der Waals surface area (Å²) in [6.07, 6.45) is 6.86. The summed E-state index contributed by atoms with van der Waals surface area (Å²) >= 11 is 0. The predicted molar refractivity (Wildman–Crippen MR) is 149 cm³/mol. The van der Waals surface area contributed by atoms with Crippen LogP contribution >= 0.6 is 8.37 Å². The van der Waals surface area contributed by atoms with Gasteiger partial charge < -0.3 is 16.0 Å². The van der Waals surface area contributed by atoms with Crippen LogP contribution in [-0.2, 0) is 0 Å². The standard InChI is InChI=1S/C27H57N6P/c1-22(2)13-19(14-23(3,4)31-22)28-34(29-20-15-24(5,6)32-25(7,8)16-20)30-21-17-26(9,10)33-27(11,12)18-21/h19-21,28-33H,13-18H2,1-12H3. The van der Waals surface area contributed by atoms with Crippen molar-refractivity contribution in [2.75, 3.05) is 0 Å². The van der Waals surface area contributed by atoms with E-state index in [0.29, 0.717) is 18.1 Å². The van der Waals surface area contributed by atoms with Gasteiger partial charge in [-0.2, -0.15) is 0 Å². The van der Waals surface area contributed by atoms with Gasteiger partial charge in [0, 0.05) is 51.4 Å². The summed E-state index contributed by atoms with van der Waals surface area (Å²) in [7, 11) is -0.711. The van der Waals surface area contributed by atoms with Gasteiger partial charge in [-0.25, -0.2) is 0 Å². The summed E-state index contributed by atoms with van der Waals surface area (Å²) in [5.41, 5.74) is 0.821. The van der Waals surface area contributed by atoms with E-state index in [0.717, 1.165) is 38.5 Å². The lowest BCUT2D eigenvalue weighted by molar-refractivity contribution is 0.149. The van der Waals surface area contributed by atoms with Crippen LogP contribution in [0.4, 0.5) is 0 Å². The summed E-state index contributed by atoms with van der Waals surface area (Å²) in [6, 6.07) is 1.47. The maximum Gasteiger partial charge on any atom is 0.112 e. The summed E-state index contributed by atoms with van der Waals surface area (Å²) in [5, 5.41) is 24.0. The third-order valence-corrected chi connectivity index (χ3v) is 9.38. The monoisotopic (exact) mass is 496 g/mol.